The van der Waals surface area contributed by atoms with Gasteiger partial charge in [-0.15, -0.1) is 0 Å². The van der Waals surface area contributed by atoms with Crippen LogP contribution in [0.25, 0.3) is 55.2 Å². The van der Waals surface area contributed by atoms with E-state index in [1.807, 2.05) is 60.9 Å². The molecule has 172 valence electrons. The molecule has 8 aromatic rings. The molecule has 0 atom stereocenters. The molecule has 0 bridgehead atoms. The first-order chi connectivity index (χ1) is 17.8. The Kier molecular flexibility index (Phi) is 3.69. The van der Waals surface area contributed by atoms with Crippen molar-refractivity contribution in [3.05, 3.63) is 72.7 Å². The first kappa shape index (κ1) is 18.9. The Morgan fingerprint density at radius 2 is 1.42 bits per heavy atom. The molecule has 11 heteroatoms. The first-order valence-corrected chi connectivity index (χ1v) is 11.2. The Morgan fingerprint density at radius 3 is 2.22 bits per heavy atom. The summed E-state index contributed by atoms with van der Waals surface area (Å²) < 4.78 is 11.7. The van der Waals surface area contributed by atoms with E-state index in [0.29, 0.717) is 34.6 Å². The molecule has 6 aromatic heterocycles. The molecule has 0 aliphatic heterocycles. The lowest BCUT2D eigenvalue weighted by Crippen LogP contribution is -2.03. The van der Waals surface area contributed by atoms with Crippen LogP contribution in [-0.4, -0.2) is 34.9 Å². The van der Waals surface area contributed by atoms with E-state index in [1.165, 1.54) is 6.33 Å². The van der Waals surface area contributed by atoms with Crippen molar-refractivity contribution in [3.8, 4) is 0 Å². The van der Waals surface area contributed by atoms with Gasteiger partial charge < -0.3 is 29.1 Å². The summed E-state index contributed by atoms with van der Waals surface area (Å²) >= 11 is 0. The zero-order valence-corrected chi connectivity index (χ0v) is 18.4. The van der Waals surface area contributed by atoms with Crippen LogP contribution in [-0.2, 0) is 0 Å². The number of aromatic nitrogens is 7. The maximum absolute atomic E-state index is 5.84. The number of aromatic amines is 3. The number of imidazole rings is 2. The lowest BCUT2D eigenvalue weighted by Gasteiger charge is -1.99. The maximum Gasteiger partial charge on any atom is 0.247 e. The lowest BCUT2D eigenvalue weighted by molar-refractivity contribution is 0.655. The Hall–Kier alpha value is -5.45. The molecule has 0 spiro atoms. The van der Waals surface area contributed by atoms with E-state index in [4.69, 9.17) is 8.83 Å². The van der Waals surface area contributed by atoms with Crippen molar-refractivity contribution in [2.75, 3.05) is 5.32 Å². The van der Waals surface area contributed by atoms with Gasteiger partial charge in [0, 0.05) is 33.9 Å². The molecule has 0 unspecified atom stereocenters. The van der Waals surface area contributed by atoms with Gasteiger partial charge in [0.1, 0.15) is 34.3 Å². The largest absolute Gasteiger partial charge is 0.436 e. The molecule has 11 nitrogen and oxygen atoms in total. The third-order valence-corrected chi connectivity index (χ3v) is 6.11. The summed E-state index contributed by atoms with van der Waals surface area (Å²) in [4.78, 5) is 32.2. The Morgan fingerprint density at radius 1 is 0.722 bits per heavy atom. The average molecular weight is 473 g/mol. The predicted molar refractivity (Wildman–Crippen MR) is 134 cm³/mol. The third kappa shape index (κ3) is 2.76. The number of benzene rings is 2. The summed E-state index contributed by atoms with van der Waals surface area (Å²) in [5, 5.41) is 6.70. The lowest BCUT2D eigenvalue weighted by atomic mass is 10.2. The van der Waals surface area contributed by atoms with Gasteiger partial charge in [-0.1, -0.05) is 24.3 Å². The van der Waals surface area contributed by atoms with Gasteiger partial charge in [-0.05, 0) is 24.3 Å². The highest BCUT2D eigenvalue weighted by molar-refractivity contribution is 6.03. The monoisotopic (exact) mass is 473 g/mol. The molecule has 2 aromatic carbocycles. The summed E-state index contributed by atoms with van der Waals surface area (Å²) in [5.41, 5.74) is 4.64. The maximum atomic E-state index is 5.84. The molecule has 0 amide bonds. The number of hydrogen-bond donors (Lipinski definition) is 4. The number of hydrogen-bond acceptors (Lipinski definition) is 8. The topological polar surface area (TPSA) is 150 Å². The van der Waals surface area contributed by atoms with Crippen LogP contribution in [0.15, 0.2) is 81.1 Å². The van der Waals surface area contributed by atoms with Crippen LogP contribution in [0.3, 0.4) is 0 Å². The van der Waals surface area contributed by atoms with Gasteiger partial charge in [0.15, 0.2) is 5.49 Å². The number of furan rings is 2. The fraction of sp³-hybridized carbons (Fsp3) is 0. The van der Waals surface area contributed by atoms with Crippen LogP contribution >= 0.6 is 0 Å². The van der Waals surface area contributed by atoms with Crippen molar-refractivity contribution in [1.29, 1.82) is 0 Å². The molecule has 8 rings (SSSR count). The van der Waals surface area contributed by atoms with Crippen LogP contribution < -0.4 is 10.8 Å². The van der Waals surface area contributed by atoms with Crippen LogP contribution in [0.4, 0.5) is 17.7 Å². The second-order valence-corrected chi connectivity index (χ2v) is 8.27. The minimum Gasteiger partial charge on any atom is -0.436 e. The Labute approximate surface area is 200 Å². The molecule has 0 aliphatic carbocycles. The number of nitrogens with one attached hydrogen (secondary N) is 4. The number of rotatable bonds is 3. The van der Waals surface area contributed by atoms with Gasteiger partial charge >= 0.3 is 0 Å². The average Bonchev–Trinajstić information content (AvgIpc) is 3.68. The molecule has 0 saturated carbocycles. The zero-order valence-electron chi connectivity index (χ0n) is 18.4. The van der Waals surface area contributed by atoms with Gasteiger partial charge in [-0.2, -0.15) is 15.0 Å². The van der Waals surface area contributed by atoms with Gasteiger partial charge in [-0.25, -0.2) is 9.97 Å². The number of H-pyrrole nitrogens is 3. The molecule has 0 radical (unpaired) electrons. The van der Waals surface area contributed by atoms with E-state index in [2.05, 4.69) is 45.2 Å². The highest BCUT2D eigenvalue weighted by Crippen LogP contribution is 2.30. The number of anilines is 2. The zero-order chi connectivity index (χ0) is 23.6. The quantitative estimate of drug-likeness (QED) is 0.276. The van der Waals surface area contributed by atoms with E-state index in [9.17, 15) is 0 Å². The summed E-state index contributed by atoms with van der Waals surface area (Å²) in [6.45, 7) is 0. The second kappa shape index (κ2) is 7.03. The van der Waals surface area contributed by atoms with E-state index in [-0.39, 0.29) is 0 Å². The van der Waals surface area contributed by atoms with Crippen LogP contribution in [0.5, 0.6) is 0 Å². The predicted octanol–water partition coefficient (Wildman–Crippen LogP) is 5.18. The molecule has 6 heterocycles. The normalized spacial score (nSPS) is 12.6. The van der Waals surface area contributed by atoms with Crippen molar-refractivity contribution in [2.24, 2.45) is 4.99 Å². The second-order valence-electron chi connectivity index (χ2n) is 8.27. The number of para-hydroxylation sites is 2. The van der Waals surface area contributed by atoms with Crippen LogP contribution in [0.1, 0.15) is 0 Å². The molecule has 0 saturated heterocycles. The standard InChI is InChI=1S/C25H15N9O2/c1-3-7-16-12(5-1)18-22(35-16)33-24(29-18)31-20-14-9-26-10-15(14)21(28-11-27-20)32-25-30-19-13-6-2-4-8-17(13)36-23(19)34-25/h1-11,26H,(H3,27,28,29,30,31,32,33,34). The van der Waals surface area contributed by atoms with Crippen molar-refractivity contribution in [3.63, 3.8) is 0 Å². The molecular formula is C25H15N9O2. The van der Waals surface area contributed by atoms with Crippen molar-refractivity contribution >= 4 is 72.9 Å². The highest BCUT2D eigenvalue weighted by atomic mass is 16.3. The molecular weight excluding hydrogens is 458 g/mol. The van der Waals surface area contributed by atoms with Gasteiger partial charge in [-0.3, -0.25) is 0 Å². The summed E-state index contributed by atoms with van der Waals surface area (Å²) in [5.74, 6) is 1.45. The van der Waals surface area contributed by atoms with Crippen molar-refractivity contribution < 1.29 is 8.83 Å². The fourth-order valence-electron chi connectivity index (χ4n) is 4.49. The van der Waals surface area contributed by atoms with E-state index in [0.717, 1.165) is 43.7 Å². The number of nitrogens with zero attached hydrogens (tertiary/aromatic N) is 5. The van der Waals surface area contributed by atoms with Crippen molar-refractivity contribution in [2.45, 2.75) is 0 Å². The third-order valence-electron chi connectivity index (χ3n) is 6.11. The van der Waals surface area contributed by atoms with E-state index in [1.54, 1.807) is 0 Å². The smallest absolute Gasteiger partial charge is 0.247 e. The molecule has 36 heavy (non-hydrogen) atoms. The Balaban J connectivity index is 1.22. The fourth-order valence-corrected chi connectivity index (χ4v) is 4.49. The van der Waals surface area contributed by atoms with E-state index >= 15 is 0 Å². The first-order valence-electron chi connectivity index (χ1n) is 11.2. The van der Waals surface area contributed by atoms with Crippen LogP contribution in [0, 0.1) is 0 Å². The SMILES string of the molecule is c1ccc2c(c1)oc1nc(/N=c3\ncnc(Nc4nc5oc6ccccc6c5[nH]4)c4c[nH]cc34)[nH]c12. The minimum atomic E-state index is 0.392. The number of fused-ring (bicyclic) bond motifs is 7. The van der Waals surface area contributed by atoms with E-state index < -0.39 is 0 Å². The summed E-state index contributed by atoms with van der Waals surface area (Å²) in [6, 6.07) is 15.5. The summed E-state index contributed by atoms with van der Waals surface area (Å²) in [6.07, 6.45) is 5.10. The van der Waals surface area contributed by atoms with Gasteiger partial charge in [0.05, 0.1) is 0 Å². The van der Waals surface area contributed by atoms with Crippen molar-refractivity contribution in [1.82, 2.24) is 34.9 Å². The van der Waals surface area contributed by atoms with Gasteiger partial charge in [0.25, 0.3) is 0 Å². The minimum absolute atomic E-state index is 0.392. The summed E-state index contributed by atoms with van der Waals surface area (Å²) in [7, 11) is 0. The van der Waals surface area contributed by atoms with Crippen LogP contribution in [0.2, 0.25) is 0 Å². The Bertz CT molecular complexity index is 2160. The molecule has 0 fully saturated rings. The van der Waals surface area contributed by atoms with Gasteiger partial charge in [0.2, 0.25) is 23.3 Å². The highest BCUT2D eigenvalue weighted by Gasteiger charge is 2.14. The molecule has 4 N–H and O–H groups in total. The molecule has 0 aliphatic rings.